The summed E-state index contributed by atoms with van der Waals surface area (Å²) in [5, 5.41) is 21.0. The number of carboxylic acid groups (broad SMARTS) is 1. The Bertz CT molecular complexity index is 680. The molecule has 2 fully saturated rings. The summed E-state index contributed by atoms with van der Waals surface area (Å²) >= 11 is 0. The van der Waals surface area contributed by atoms with Crippen LogP contribution in [0.2, 0.25) is 0 Å². The number of aromatic nitrogens is 1. The van der Waals surface area contributed by atoms with Gasteiger partial charge in [0.25, 0.3) is 0 Å². The third-order valence-corrected chi connectivity index (χ3v) is 4.50. The van der Waals surface area contributed by atoms with Crippen LogP contribution in [0.4, 0.5) is 10.6 Å². The number of anilines is 1. The zero-order valence-electron chi connectivity index (χ0n) is 13.7. The molecular weight excluding hydrogens is 330 g/mol. The fraction of sp³-hybridized carbons (Fsp3) is 0.533. The zero-order valence-corrected chi connectivity index (χ0v) is 13.7. The maximum Gasteiger partial charge on any atom is 0.409 e. The number of nitro groups is 1. The Balaban J connectivity index is 1.97. The van der Waals surface area contributed by atoms with E-state index in [1.54, 1.807) is 18.2 Å². The van der Waals surface area contributed by atoms with Crippen molar-refractivity contribution in [2.45, 2.75) is 38.1 Å². The molecule has 1 saturated carbocycles. The molecule has 0 bridgehead atoms. The van der Waals surface area contributed by atoms with Gasteiger partial charge in [-0.05, 0) is 25.0 Å². The SMILES string of the molecule is CC(=O)N(C1CC1)C1CN(c2ccccn2)C([N+](=O)[O-])CN1C(=O)O. The van der Waals surface area contributed by atoms with Gasteiger partial charge in [-0.3, -0.25) is 24.7 Å². The molecule has 1 aromatic rings. The van der Waals surface area contributed by atoms with Crippen LogP contribution in [0.1, 0.15) is 19.8 Å². The number of amides is 2. The highest BCUT2D eigenvalue weighted by atomic mass is 16.6. The van der Waals surface area contributed by atoms with E-state index in [1.165, 1.54) is 22.9 Å². The lowest BCUT2D eigenvalue weighted by atomic mass is 10.2. The Labute approximate surface area is 143 Å². The smallest absolute Gasteiger partial charge is 0.409 e. The van der Waals surface area contributed by atoms with Crippen LogP contribution in [0.25, 0.3) is 0 Å². The van der Waals surface area contributed by atoms with Crippen LogP contribution in [0.5, 0.6) is 0 Å². The van der Waals surface area contributed by atoms with Crippen molar-refractivity contribution in [3.05, 3.63) is 34.5 Å². The molecule has 0 spiro atoms. The number of hydrogen-bond acceptors (Lipinski definition) is 6. The first-order valence-corrected chi connectivity index (χ1v) is 7.99. The average Bonchev–Trinajstić information content (AvgIpc) is 3.39. The quantitative estimate of drug-likeness (QED) is 0.631. The van der Waals surface area contributed by atoms with E-state index in [4.69, 9.17) is 0 Å². The van der Waals surface area contributed by atoms with Crippen molar-refractivity contribution in [3.63, 3.8) is 0 Å². The van der Waals surface area contributed by atoms with Crippen LogP contribution >= 0.6 is 0 Å². The molecule has 1 aliphatic heterocycles. The number of carbonyl (C=O) groups excluding carboxylic acids is 1. The topological polar surface area (TPSA) is 120 Å². The zero-order chi connectivity index (χ0) is 18.1. The summed E-state index contributed by atoms with van der Waals surface area (Å²) in [5.41, 5.74) is 0. The lowest BCUT2D eigenvalue weighted by Crippen LogP contribution is -2.67. The van der Waals surface area contributed by atoms with Gasteiger partial charge in [0.1, 0.15) is 18.5 Å². The van der Waals surface area contributed by atoms with Crippen LogP contribution in [0.15, 0.2) is 24.4 Å². The van der Waals surface area contributed by atoms with Crippen LogP contribution in [-0.2, 0) is 4.79 Å². The summed E-state index contributed by atoms with van der Waals surface area (Å²) in [6.45, 7) is 1.06. The lowest BCUT2D eigenvalue weighted by Gasteiger charge is -2.45. The van der Waals surface area contributed by atoms with Gasteiger partial charge in [0.15, 0.2) is 0 Å². The van der Waals surface area contributed by atoms with Crippen LogP contribution < -0.4 is 4.90 Å². The molecule has 2 unspecified atom stereocenters. The fourth-order valence-electron chi connectivity index (χ4n) is 3.25. The molecule has 25 heavy (non-hydrogen) atoms. The molecule has 2 amide bonds. The summed E-state index contributed by atoms with van der Waals surface area (Å²) in [7, 11) is 0. The van der Waals surface area contributed by atoms with Crippen molar-refractivity contribution < 1.29 is 19.6 Å². The van der Waals surface area contributed by atoms with Gasteiger partial charge in [0, 0.05) is 24.1 Å². The summed E-state index contributed by atoms with van der Waals surface area (Å²) < 4.78 is 0. The molecule has 10 heteroatoms. The lowest BCUT2D eigenvalue weighted by molar-refractivity contribution is -0.524. The van der Waals surface area contributed by atoms with E-state index in [-0.39, 0.29) is 25.0 Å². The Hall–Kier alpha value is -2.91. The molecule has 1 saturated heterocycles. The van der Waals surface area contributed by atoms with E-state index >= 15 is 0 Å². The summed E-state index contributed by atoms with van der Waals surface area (Å²) in [6.07, 6.45) is -0.160. The minimum absolute atomic E-state index is 0.00500. The van der Waals surface area contributed by atoms with E-state index in [0.29, 0.717) is 5.82 Å². The maximum absolute atomic E-state index is 12.1. The first-order chi connectivity index (χ1) is 11.9. The van der Waals surface area contributed by atoms with Crippen molar-refractivity contribution in [2.75, 3.05) is 18.0 Å². The Morgan fingerprint density at radius 3 is 2.56 bits per heavy atom. The second-order valence-corrected chi connectivity index (χ2v) is 6.18. The molecular formula is C15H19N5O5. The minimum Gasteiger partial charge on any atom is -0.465 e. The molecule has 2 atom stereocenters. The molecule has 1 aromatic heterocycles. The molecule has 0 radical (unpaired) electrons. The standard InChI is InChI=1S/C15H19N5O5/c1-10(21)19(11-5-6-11)13-8-17(12-4-2-3-7-16-12)14(20(24)25)9-18(13)15(22)23/h2-4,7,11,13-14H,5-6,8-9H2,1H3,(H,22,23). The number of hydrogen-bond donors (Lipinski definition) is 1. The van der Waals surface area contributed by atoms with Gasteiger partial charge in [0.05, 0.1) is 6.54 Å². The molecule has 0 aromatic carbocycles. The van der Waals surface area contributed by atoms with E-state index in [2.05, 4.69) is 4.98 Å². The maximum atomic E-state index is 12.1. The summed E-state index contributed by atoms with van der Waals surface area (Å²) in [6, 6.07) is 5.03. The highest BCUT2D eigenvalue weighted by molar-refractivity contribution is 5.76. The number of rotatable bonds is 4. The molecule has 3 rings (SSSR count). The third-order valence-electron chi connectivity index (χ3n) is 4.50. The molecule has 2 aliphatic rings. The van der Waals surface area contributed by atoms with Gasteiger partial charge in [-0.2, -0.15) is 0 Å². The third kappa shape index (κ3) is 3.32. The highest BCUT2D eigenvalue weighted by Gasteiger charge is 2.48. The van der Waals surface area contributed by atoms with E-state index in [9.17, 15) is 24.8 Å². The van der Waals surface area contributed by atoms with Crippen LogP contribution in [0, 0.1) is 10.1 Å². The van der Waals surface area contributed by atoms with Crippen molar-refractivity contribution in [1.29, 1.82) is 0 Å². The Morgan fingerprint density at radius 2 is 2.08 bits per heavy atom. The van der Waals surface area contributed by atoms with Gasteiger partial charge < -0.3 is 10.0 Å². The van der Waals surface area contributed by atoms with Crippen LogP contribution in [-0.4, -0.2) is 68.3 Å². The first kappa shape index (κ1) is 16.9. The second-order valence-electron chi connectivity index (χ2n) is 6.18. The first-order valence-electron chi connectivity index (χ1n) is 7.99. The van der Waals surface area contributed by atoms with Gasteiger partial charge >= 0.3 is 12.3 Å². The van der Waals surface area contributed by atoms with Crippen molar-refractivity contribution >= 4 is 17.8 Å². The van der Waals surface area contributed by atoms with Gasteiger partial charge in [0.2, 0.25) is 5.91 Å². The van der Waals surface area contributed by atoms with E-state index < -0.39 is 23.3 Å². The second kappa shape index (κ2) is 6.54. The number of nitrogens with zero attached hydrogens (tertiary/aromatic N) is 5. The molecule has 134 valence electrons. The molecule has 10 nitrogen and oxygen atoms in total. The minimum atomic E-state index is -1.27. The van der Waals surface area contributed by atoms with E-state index in [0.717, 1.165) is 17.7 Å². The molecule has 1 aliphatic carbocycles. The monoisotopic (exact) mass is 349 g/mol. The number of pyridine rings is 1. The normalized spacial score (nSPS) is 23.2. The molecule has 2 heterocycles. The van der Waals surface area contributed by atoms with Crippen molar-refractivity contribution in [2.24, 2.45) is 0 Å². The van der Waals surface area contributed by atoms with Crippen molar-refractivity contribution in [3.8, 4) is 0 Å². The Kier molecular flexibility index (Phi) is 4.43. The van der Waals surface area contributed by atoms with Crippen LogP contribution in [0.3, 0.4) is 0 Å². The van der Waals surface area contributed by atoms with Crippen molar-refractivity contribution in [1.82, 2.24) is 14.8 Å². The largest absolute Gasteiger partial charge is 0.465 e. The van der Waals surface area contributed by atoms with E-state index in [1.807, 2.05) is 0 Å². The predicted molar refractivity (Wildman–Crippen MR) is 86.4 cm³/mol. The van der Waals surface area contributed by atoms with Gasteiger partial charge in [-0.25, -0.2) is 9.78 Å². The van der Waals surface area contributed by atoms with Gasteiger partial charge in [-0.1, -0.05) is 6.07 Å². The Morgan fingerprint density at radius 1 is 1.36 bits per heavy atom. The molecule has 1 N–H and O–H groups in total. The summed E-state index contributed by atoms with van der Waals surface area (Å²) in [5.74, 6) is 0.151. The number of carbonyl (C=O) groups is 2. The fourth-order valence-corrected chi connectivity index (χ4v) is 3.25. The number of piperazine rings is 1. The predicted octanol–water partition coefficient (Wildman–Crippen LogP) is 0.821. The van der Waals surface area contributed by atoms with Gasteiger partial charge in [-0.15, -0.1) is 0 Å². The highest BCUT2D eigenvalue weighted by Crippen LogP contribution is 2.33. The summed E-state index contributed by atoms with van der Waals surface area (Å²) in [4.78, 5) is 42.9. The average molecular weight is 349 g/mol.